The monoisotopic (exact) mass is 147 g/mol. The minimum atomic E-state index is 0. The molecule has 0 aliphatic heterocycles. The molecule has 0 aliphatic carbocycles. The molecule has 9 heavy (non-hydrogen) atoms. The van der Waals surface area contributed by atoms with Gasteiger partial charge < -0.3 is 9.72 Å². The summed E-state index contributed by atoms with van der Waals surface area (Å²) in [6, 6.07) is 4.50. The molecular weight excluding hydrogens is 141 g/mol. The molecule has 1 aromatic rings. The summed E-state index contributed by atoms with van der Waals surface area (Å²) < 4.78 is 4.82. The van der Waals surface area contributed by atoms with Crippen LogP contribution in [0.25, 0.3) is 0 Å². The van der Waals surface area contributed by atoms with Gasteiger partial charge in [-0.2, -0.15) is 6.07 Å². The van der Waals surface area contributed by atoms with Crippen LogP contribution in [0.5, 0.6) is 5.75 Å². The summed E-state index contributed by atoms with van der Waals surface area (Å²) in [4.78, 5) is 3.77. The van der Waals surface area contributed by atoms with Crippen LogP contribution < -0.4 is 56.1 Å². The Bertz CT molecular complexity index is 154. The molecule has 1 aromatic heterocycles. The van der Waals surface area contributed by atoms with Gasteiger partial charge in [0.1, 0.15) is 0 Å². The average Bonchev–Trinajstić information content (AvgIpc) is 1.90. The van der Waals surface area contributed by atoms with Crippen molar-refractivity contribution in [1.82, 2.24) is 4.98 Å². The van der Waals surface area contributed by atoms with Crippen LogP contribution in [0.4, 0.5) is 0 Å². The summed E-state index contributed by atoms with van der Waals surface area (Å²) in [6.45, 7) is 0. The van der Waals surface area contributed by atoms with E-state index >= 15 is 0 Å². The maximum Gasteiger partial charge on any atom is 1.00 e. The van der Waals surface area contributed by atoms with Gasteiger partial charge in [-0.15, -0.1) is 0 Å². The van der Waals surface area contributed by atoms with E-state index in [9.17, 15) is 0 Å². The number of methoxy groups -OCH3 is 1. The van der Waals surface area contributed by atoms with Crippen molar-refractivity contribution in [1.29, 1.82) is 0 Å². The van der Waals surface area contributed by atoms with E-state index in [2.05, 4.69) is 11.1 Å². The number of aromatic nitrogens is 1. The number of nitrogens with zero attached hydrogens (tertiary/aromatic N) is 1. The van der Waals surface area contributed by atoms with Crippen molar-refractivity contribution in [2.24, 2.45) is 0 Å². The van der Waals surface area contributed by atoms with Gasteiger partial charge in [0.15, 0.2) is 0 Å². The third-order valence-corrected chi connectivity index (χ3v) is 0.812. The second-order valence-electron chi connectivity index (χ2n) is 1.32. The van der Waals surface area contributed by atoms with Crippen LogP contribution in [-0.4, -0.2) is 12.1 Å². The van der Waals surface area contributed by atoms with E-state index in [1.54, 1.807) is 25.6 Å². The molecule has 42 valence electrons. The summed E-state index contributed by atoms with van der Waals surface area (Å²) in [7, 11) is 1.60. The zero-order chi connectivity index (χ0) is 5.82. The molecule has 0 saturated heterocycles. The number of rotatable bonds is 1. The predicted octanol–water partition coefficient (Wildman–Crippen LogP) is -2.11. The summed E-state index contributed by atoms with van der Waals surface area (Å²) in [6.07, 6.45) is 3.22. The Labute approximate surface area is 97.1 Å². The fourth-order valence-electron chi connectivity index (χ4n) is 0.422. The Balaban J connectivity index is 0.000000640. The summed E-state index contributed by atoms with van der Waals surface area (Å²) in [5.74, 6) is 0.743. The van der Waals surface area contributed by atoms with Crippen molar-refractivity contribution in [3.05, 3.63) is 24.5 Å². The van der Waals surface area contributed by atoms with E-state index in [-0.39, 0.29) is 51.4 Å². The SMILES string of the molecule is COc1c[c-]cnc1.[K+]. The molecule has 0 aliphatic rings. The Hall–Kier alpha value is 0.586. The van der Waals surface area contributed by atoms with Crippen LogP contribution in [0.2, 0.25) is 0 Å². The molecular formula is C6H6KNO. The van der Waals surface area contributed by atoms with Crippen molar-refractivity contribution in [2.75, 3.05) is 7.11 Å². The van der Waals surface area contributed by atoms with Crippen molar-refractivity contribution >= 4 is 0 Å². The molecule has 0 fully saturated rings. The second-order valence-corrected chi connectivity index (χ2v) is 1.32. The predicted molar refractivity (Wildman–Crippen MR) is 29.6 cm³/mol. The fourth-order valence-corrected chi connectivity index (χ4v) is 0.422. The standard InChI is InChI=1S/C6H6NO.K/c1-8-6-3-2-4-7-5-6;/h3-5H,1H3;/q-1;+1. The third-order valence-electron chi connectivity index (χ3n) is 0.812. The van der Waals surface area contributed by atoms with Gasteiger partial charge in [0.05, 0.1) is 7.11 Å². The smallest absolute Gasteiger partial charge is 0.580 e. The normalized spacial score (nSPS) is 7.67. The molecule has 0 amide bonds. The van der Waals surface area contributed by atoms with Gasteiger partial charge in [-0.1, -0.05) is 6.20 Å². The number of pyridine rings is 1. The van der Waals surface area contributed by atoms with Crippen molar-refractivity contribution in [3.63, 3.8) is 0 Å². The summed E-state index contributed by atoms with van der Waals surface area (Å²) in [5, 5.41) is 0. The van der Waals surface area contributed by atoms with Crippen LogP contribution in [0, 0.1) is 6.07 Å². The van der Waals surface area contributed by atoms with Gasteiger partial charge in [0, 0.05) is 0 Å². The Morgan fingerprint density at radius 3 is 2.78 bits per heavy atom. The van der Waals surface area contributed by atoms with Crippen LogP contribution in [0.1, 0.15) is 0 Å². The largest absolute Gasteiger partial charge is 1.00 e. The molecule has 0 atom stereocenters. The molecule has 0 saturated carbocycles. The first-order valence-corrected chi connectivity index (χ1v) is 2.28. The Kier molecular flexibility index (Phi) is 5.73. The minimum Gasteiger partial charge on any atom is -0.580 e. The molecule has 2 nitrogen and oxygen atoms in total. The van der Waals surface area contributed by atoms with Crippen molar-refractivity contribution in [3.8, 4) is 5.75 Å². The second kappa shape index (κ2) is 5.38. The molecule has 1 heterocycles. The first kappa shape index (κ1) is 9.59. The molecule has 0 N–H and O–H groups in total. The van der Waals surface area contributed by atoms with E-state index < -0.39 is 0 Å². The maximum atomic E-state index is 4.82. The zero-order valence-electron chi connectivity index (χ0n) is 5.59. The van der Waals surface area contributed by atoms with Crippen LogP contribution in [-0.2, 0) is 0 Å². The molecule has 0 unspecified atom stereocenters. The third kappa shape index (κ3) is 3.32. The van der Waals surface area contributed by atoms with Crippen LogP contribution >= 0.6 is 0 Å². The molecule has 0 bridgehead atoms. The molecule has 0 spiro atoms. The van der Waals surface area contributed by atoms with E-state index in [0.29, 0.717) is 0 Å². The first-order chi connectivity index (χ1) is 3.93. The van der Waals surface area contributed by atoms with Gasteiger partial charge in [-0.3, -0.25) is 0 Å². The van der Waals surface area contributed by atoms with Crippen molar-refractivity contribution in [2.45, 2.75) is 0 Å². The first-order valence-electron chi connectivity index (χ1n) is 2.28. The maximum absolute atomic E-state index is 4.82. The number of hydrogen-bond donors (Lipinski definition) is 0. The Morgan fingerprint density at radius 1 is 1.67 bits per heavy atom. The van der Waals surface area contributed by atoms with E-state index in [1.165, 1.54) is 0 Å². The number of ether oxygens (including phenoxy) is 1. The van der Waals surface area contributed by atoms with Gasteiger partial charge >= 0.3 is 51.4 Å². The van der Waals surface area contributed by atoms with Gasteiger partial charge in [-0.25, -0.2) is 6.07 Å². The summed E-state index contributed by atoms with van der Waals surface area (Å²) >= 11 is 0. The fraction of sp³-hybridized carbons (Fsp3) is 0.167. The molecule has 0 aromatic carbocycles. The topological polar surface area (TPSA) is 22.1 Å². The van der Waals surface area contributed by atoms with E-state index in [4.69, 9.17) is 4.74 Å². The Morgan fingerprint density at radius 2 is 2.44 bits per heavy atom. The average molecular weight is 147 g/mol. The summed E-state index contributed by atoms with van der Waals surface area (Å²) in [5.41, 5.74) is 0. The van der Waals surface area contributed by atoms with E-state index in [0.717, 1.165) is 5.75 Å². The number of hydrogen-bond acceptors (Lipinski definition) is 2. The zero-order valence-corrected chi connectivity index (χ0v) is 8.71. The minimum absolute atomic E-state index is 0. The molecule has 0 radical (unpaired) electrons. The van der Waals surface area contributed by atoms with Crippen LogP contribution in [0.15, 0.2) is 18.5 Å². The van der Waals surface area contributed by atoms with Crippen LogP contribution in [0.3, 0.4) is 0 Å². The van der Waals surface area contributed by atoms with Gasteiger partial charge in [0.2, 0.25) is 0 Å². The molecule has 3 heteroatoms. The van der Waals surface area contributed by atoms with E-state index in [1.807, 2.05) is 0 Å². The van der Waals surface area contributed by atoms with Gasteiger partial charge in [0.25, 0.3) is 0 Å². The molecule has 1 rings (SSSR count). The quantitative estimate of drug-likeness (QED) is 0.335. The van der Waals surface area contributed by atoms with Gasteiger partial charge in [-0.05, 0) is 11.9 Å². The van der Waals surface area contributed by atoms with Crippen molar-refractivity contribution < 1.29 is 56.1 Å².